The molecule has 1 amide bonds. The van der Waals surface area contributed by atoms with E-state index in [0.717, 1.165) is 18.8 Å². The Bertz CT molecular complexity index is 455. The van der Waals surface area contributed by atoms with Crippen molar-refractivity contribution in [3.63, 3.8) is 0 Å². The molecular weight excluding hydrogens is 240 g/mol. The molecule has 0 radical (unpaired) electrons. The summed E-state index contributed by atoms with van der Waals surface area (Å²) in [5, 5.41) is 3.07. The van der Waals surface area contributed by atoms with Crippen LogP contribution in [-0.2, 0) is 0 Å². The van der Waals surface area contributed by atoms with Gasteiger partial charge in [0.25, 0.3) is 5.91 Å². The Kier molecular flexibility index (Phi) is 4.30. The number of nitrogen functional groups attached to an aromatic ring is 1. The lowest BCUT2D eigenvalue weighted by molar-refractivity contribution is 0.0930. The third-order valence-corrected chi connectivity index (χ3v) is 3.65. The molecule has 1 saturated carbocycles. The Morgan fingerprint density at radius 2 is 2.26 bits per heavy atom. The number of nitrogens with one attached hydrogen (secondary N) is 1. The Hall–Kier alpha value is -1.71. The molecule has 1 atom stereocenters. The van der Waals surface area contributed by atoms with Crippen LogP contribution >= 0.6 is 0 Å². The van der Waals surface area contributed by atoms with E-state index in [4.69, 9.17) is 10.5 Å². The van der Waals surface area contributed by atoms with E-state index in [2.05, 4.69) is 12.2 Å². The molecule has 0 heterocycles. The molecule has 3 N–H and O–H groups in total. The first-order valence-electron chi connectivity index (χ1n) is 6.89. The molecule has 4 heteroatoms. The minimum atomic E-state index is -0.137. The van der Waals surface area contributed by atoms with E-state index < -0.39 is 0 Å². The van der Waals surface area contributed by atoms with Crippen molar-refractivity contribution in [1.29, 1.82) is 0 Å². The molecule has 1 aromatic carbocycles. The van der Waals surface area contributed by atoms with Gasteiger partial charge in [-0.1, -0.05) is 25.8 Å². The first kappa shape index (κ1) is 13.7. The molecule has 1 fully saturated rings. The Morgan fingerprint density at radius 3 is 2.84 bits per heavy atom. The summed E-state index contributed by atoms with van der Waals surface area (Å²) in [5.41, 5.74) is 6.79. The number of benzene rings is 1. The lowest BCUT2D eigenvalue weighted by Crippen LogP contribution is -2.35. The minimum Gasteiger partial charge on any atom is -0.496 e. The third kappa shape index (κ3) is 3.40. The van der Waals surface area contributed by atoms with Crippen LogP contribution in [0.5, 0.6) is 5.75 Å². The van der Waals surface area contributed by atoms with Crippen LogP contribution in [0.25, 0.3) is 0 Å². The number of anilines is 1. The van der Waals surface area contributed by atoms with Gasteiger partial charge in [-0.3, -0.25) is 4.79 Å². The van der Waals surface area contributed by atoms with Gasteiger partial charge in [-0.05, 0) is 30.9 Å². The lowest BCUT2D eigenvalue weighted by Gasteiger charge is -2.18. The summed E-state index contributed by atoms with van der Waals surface area (Å²) in [7, 11) is 1.55. The number of hydrogen-bond donors (Lipinski definition) is 2. The van der Waals surface area contributed by atoms with Gasteiger partial charge in [-0.2, -0.15) is 0 Å². The molecule has 2 rings (SSSR count). The van der Waals surface area contributed by atoms with Crippen LogP contribution in [0.15, 0.2) is 18.2 Å². The minimum absolute atomic E-state index is 0.137. The van der Waals surface area contributed by atoms with E-state index in [-0.39, 0.29) is 11.9 Å². The Morgan fingerprint density at radius 1 is 1.53 bits per heavy atom. The molecule has 0 saturated heterocycles. The summed E-state index contributed by atoms with van der Waals surface area (Å²) in [6.45, 7) is 2.10. The molecule has 1 unspecified atom stereocenters. The summed E-state index contributed by atoms with van der Waals surface area (Å²) >= 11 is 0. The fraction of sp³-hybridized carbons (Fsp3) is 0.533. The van der Waals surface area contributed by atoms with Crippen LogP contribution in [-0.4, -0.2) is 19.1 Å². The number of carbonyl (C=O) groups is 1. The first-order valence-corrected chi connectivity index (χ1v) is 6.89. The number of rotatable bonds is 6. The quantitative estimate of drug-likeness (QED) is 0.774. The molecule has 1 aliphatic rings. The second-order valence-corrected chi connectivity index (χ2v) is 5.18. The van der Waals surface area contributed by atoms with Gasteiger partial charge in [0.15, 0.2) is 0 Å². The molecule has 0 aromatic heterocycles. The van der Waals surface area contributed by atoms with Crippen LogP contribution in [0.1, 0.15) is 43.0 Å². The molecule has 104 valence electrons. The molecule has 0 aliphatic heterocycles. The van der Waals surface area contributed by atoms with Gasteiger partial charge in [-0.25, -0.2) is 0 Å². The predicted molar refractivity (Wildman–Crippen MR) is 76.3 cm³/mol. The average molecular weight is 262 g/mol. The number of amides is 1. The molecule has 1 aromatic rings. The maximum Gasteiger partial charge on any atom is 0.257 e. The van der Waals surface area contributed by atoms with Crippen molar-refractivity contribution in [1.82, 2.24) is 5.32 Å². The second kappa shape index (κ2) is 5.95. The average Bonchev–Trinajstić information content (AvgIpc) is 3.21. The lowest BCUT2D eigenvalue weighted by atomic mass is 10.1. The summed E-state index contributed by atoms with van der Waals surface area (Å²) in [4.78, 5) is 12.3. The largest absolute Gasteiger partial charge is 0.496 e. The van der Waals surface area contributed by atoms with Crippen LogP contribution in [0, 0.1) is 5.92 Å². The predicted octanol–water partition coefficient (Wildman–Crippen LogP) is 2.59. The van der Waals surface area contributed by atoms with E-state index >= 15 is 0 Å². The molecule has 19 heavy (non-hydrogen) atoms. The maximum atomic E-state index is 12.3. The SMILES string of the molecule is CCC(CC1CC1)NC(=O)c1c(N)cccc1OC. The molecule has 0 spiro atoms. The van der Waals surface area contributed by atoms with Crippen molar-refractivity contribution in [2.45, 2.75) is 38.6 Å². The van der Waals surface area contributed by atoms with E-state index in [1.807, 2.05) is 0 Å². The normalized spacial score (nSPS) is 15.9. The van der Waals surface area contributed by atoms with Crippen LogP contribution in [0.3, 0.4) is 0 Å². The third-order valence-electron chi connectivity index (χ3n) is 3.65. The maximum absolute atomic E-state index is 12.3. The van der Waals surface area contributed by atoms with E-state index in [0.29, 0.717) is 17.0 Å². The van der Waals surface area contributed by atoms with Crippen molar-refractivity contribution in [2.24, 2.45) is 5.92 Å². The van der Waals surface area contributed by atoms with Crippen molar-refractivity contribution >= 4 is 11.6 Å². The highest BCUT2D eigenvalue weighted by atomic mass is 16.5. The number of nitrogens with two attached hydrogens (primary N) is 1. The van der Waals surface area contributed by atoms with E-state index in [1.54, 1.807) is 25.3 Å². The zero-order valence-corrected chi connectivity index (χ0v) is 11.6. The number of carbonyl (C=O) groups excluding carboxylic acids is 1. The zero-order valence-electron chi connectivity index (χ0n) is 11.6. The smallest absolute Gasteiger partial charge is 0.257 e. The van der Waals surface area contributed by atoms with Crippen molar-refractivity contribution in [2.75, 3.05) is 12.8 Å². The topological polar surface area (TPSA) is 64.4 Å². The molecular formula is C15H22N2O2. The van der Waals surface area contributed by atoms with Crippen molar-refractivity contribution in [3.05, 3.63) is 23.8 Å². The fourth-order valence-electron chi connectivity index (χ4n) is 2.30. The van der Waals surface area contributed by atoms with Gasteiger partial charge in [0, 0.05) is 11.7 Å². The molecule has 1 aliphatic carbocycles. The standard InChI is InChI=1S/C15H22N2O2/c1-3-11(9-10-7-8-10)17-15(18)14-12(16)5-4-6-13(14)19-2/h4-6,10-11H,3,7-9,16H2,1-2H3,(H,17,18). The summed E-state index contributed by atoms with van der Waals surface area (Å²) in [6.07, 6.45) is 4.60. The Labute approximate surface area is 114 Å². The second-order valence-electron chi connectivity index (χ2n) is 5.18. The summed E-state index contributed by atoms with van der Waals surface area (Å²) < 4.78 is 5.22. The van der Waals surface area contributed by atoms with Gasteiger partial charge >= 0.3 is 0 Å². The first-order chi connectivity index (χ1) is 9.15. The van der Waals surface area contributed by atoms with Crippen molar-refractivity contribution < 1.29 is 9.53 Å². The van der Waals surface area contributed by atoms with Gasteiger partial charge in [0.2, 0.25) is 0 Å². The molecule has 4 nitrogen and oxygen atoms in total. The highest BCUT2D eigenvalue weighted by molar-refractivity contribution is 6.02. The van der Waals surface area contributed by atoms with Crippen LogP contribution in [0.4, 0.5) is 5.69 Å². The summed E-state index contributed by atoms with van der Waals surface area (Å²) in [5.74, 6) is 1.18. The van der Waals surface area contributed by atoms with Gasteiger partial charge in [0.05, 0.1) is 7.11 Å². The fourth-order valence-corrected chi connectivity index (χ4v) is 2.30. The zero-order chi connectivity index (χ0) is 13.8. The monoisotopic (exact) mass is 262 g/mol. The van der Waals surface area contributed by atoms with E-state index in [1.165, 1.54) is 12.8 Å². The Balaban J connectivity index is 2.09. The van der Waals surface area contributed by atoms with Gasteiger partial charge < -0.3 is 15.8 Å². The number of methoxy groups -OCH3 is 1. The summed E-state index contributed by atoms with van der Waals surface area (Å²) in [6, 6.07) is 5.49. The number of ether oxygens (including phenoxy) is 1. The van der Waals surface area contributed by atoms with E-state index in [9.17, 15) is 4.79 Å². The van der Waals surface area contributed by atoms with Crippen LogP contribution in [0.2, 0.25) is 0 Å². The van der Waals surface area contributed by atoms with Gasteiger partial charge in [-0.15, -0.1) is 0 Å². The number of hydrogen-bond acceptors (Lipinski definition) is 3. The highest BCUT2D eigenvalue weighted by Gasteiger charge is 2.26. The van der Waals surface area contributed by atoms with Crippen LogP contribution < -0.4 is 15.8 Å². The highest BCUT2D eigenvalue weighted by Crippen LogP contribution is 2.34. The van der Waals surface area contributed by atoms with Crippen molar-refractivity contribution in [3.8, 4) is 5.75 Å². The van der Waals surface area contributed by atoms with Gasteiger partial charge in [0.1, 0.15) is 11.3 Å². The molecule has 0 bridgehead atoms.